The third kappa shape index (κ3) is 3.06. The minimum absolute atomic E-state index is 0.303. The maximum Gasteiger partial charge on any atom is 0.345 e. The number of nitrogens with zero attached hydrogens (tertiary/aromatic N) is 1. The van der Waals surface area contributed by atoms with Crippen molar-refractivity contribution in [2.24, 2.45) is 0 Å². The van der Waals surface area contributed by atoms with Crippen LogP contribution in [0.25, 0.3) is 0 Å². The van der Waals surface area contributed by atoms with Gasteiger partial charge in [-0.1, -0.05) is 0 Å². The van der Waals surface area contributed by atoms with Crippen LogP contribution in [0.5, 0.6) is 17.2 Å². The van der Waals surface area contributed by atoms with Gasteiger partial charge in [-0.3, -0.25) is 4.98 Å². The van der Waals surface area contributed by atoms with Crippen LogP contribution in [0.15, 0.2) is 36.5 Å². The van der Waals surface area contributed by atoms with Crippen LogP contribution in [0.1, 0.15) is 16.1 Å². The lowest BCUT2D eigenvalue weighted by molar-refractivity contribution is 0.0729. The number of benzene rings is 1. The first kappa shape index (κ1) is 13.9. The Morgan fingerprint density at radius 1 is 1.05 bits per heavy atom. The number of methoxy groups -OCH3 is 2. The normalized spacial score (nSPS) is 9.95. The predicted molar refractivity (Wildman–Crippen MR) is 73.5 cm³/mol. The molecule has 104 valence electrons. The van der Waals surface area contributed by atoms with Crippen LogP contribution in [0.3, 0.4) is 0 Å². The van der Waals surface area contributed by atoms with Gasteiger partial charge in [0.25, 0.3) is 0 Å². The molecule has 0 radical (unpaired) electrons. The molecule has 0 saturated carbocycles. The second-order valence-electron chi connectivity index (χ2n) is 4.09. The molecule has 0 atom stereocenters. The van der Waals surface area contributed by atoms with Gasteiger partial charge in [0.2, 0.25) is 0 Å². The third-order valence-corrected chi connectivity index (χ3v) is 2.72. The molecule has 1 aromatic carbocycles. The molecule has 0 N–H and O–H groups in total. The van der Waals surface area contributed by atoms with E-state index in [1.807, 2.05) is 6.92 Å². The zero-order valence-electron chi connectivity index (χ0n) is 11.5. The fourth-order valence-electron chi connectivity index (χ4n) is 1.61. The fraction of sp³-hybridized carbons (Fsp3) is 0.200. The lowest BCUT2D eigenvalue weighted by Crippen LogP contribution is -2.09. The largest absolute Gasteiger partial charge is 0.497 e. The summed E-state index contributed by atoms with van der Waals surface area (Å²) in [5.74, 6) is 0.844. The second kappa shape index (κ2) is 6.06. The molecular formula is C15H15NO4. The minimum Gasteiger partial charge on any atom is -0.497 e. The fourth-order valence-corrected chi connectivity index (χ4v) is 1.61. The van der Waals surface area contributed by atoms with E-state index in [1.54, 1.807) is 30.3 Å². The predicted octanol–water partition coefficient (Wildman–Crippen LogP) is 2.63. The smallest absolute Gasteiger partial charge is 0.345 e. The maximum absolute atomic E-state index is 12.0. The monoisotopic (exact) mass is 273 g/mol. The minimum atomic E-state index is -0.496. The Labute approximate surface area is 117 Å². The lowest BCUT2D eigenvalue weighted by atomic mass is 10.2. The van der Waals surface area contributed by atoms with Crippen molar-refractivity contribution in [1.29, 1.82) is 0 Å². The lowest BCUT2D eigenvalue weighted by Gasteiger charge is -2.10. The van der Waals surface area contributed by atoms with Crippen molar-refractivity contribution in [2.75, 3.05) is 14.2 Å². The standard InChI is InChI=1S/C15H15NO4/c1-10-4-5-11(9-16-10)15(17)20-14-8-12(18-2)6-7-13(14)19-3/h4-9H,1-3H3. The van der Waals surface area contributed by atoms with Gasteiger partial charge < -0.3 is 14.2 Å². The highest BCUT2D eigenvalue weighted by Crippen LogP contribution is 2.31. The number of aryl methyl sites for hydroxylation is 1. The van der Waals surface area contributed by atoms with E-state index in [2.05, 4.69) is 4.98 Å². The van der Waals surface area contributed by atoms with Crippen LogP contribution in [0, 0.1) is 6.92 Å². The molecule has 5 nitrogen and oxygen atoms in total. The highest BCUT2D eigenvalue weighted by molar-refractivity contribution is 5.91. The highest BCUT2D eigenvalue weighted by atomic mass is 16.6. The van der Waals surface area contributed by atoms with E-state index in [1.165, 1.54) is 20.4 Å². The van der Waals surface area contributed by atoms with Gasteiger partial charge in [0, 0.05) is 18.0 Å². The average molecular weight is 273 g/mol. The number of hydrogen-bond donors (Lipinski definition) is 0. The van der Waals surface area contributed by atoms with E-state index in [0.717, 1.165) is 5.69 Å². The number of esters is 1. The van der Waals surface area contributed by atoms with E-state index >= 15 is 0 Å². The summed E-state index contributed by atoms with van der Waals surface area (Å²) in [5, 5.41) is 0. The number of ether oxygens (including phenoxy) is 3. The van der Waals surface area contributed by atoms with E-state index in [4.69, 9.17) is 14.2 Å². The van der Waals surface area contributed by atoms with E-state index in [-0.39, 0.29) is 0 Å². The Morgan fingerprint density at radius 2 is 1.85 bits per heavy atom. The summed E-state index contributed by atoms with van der Waals surface area (Å²) in [5.41, 5.74) is 1.21. The number of hydrogen-bond acceptors (Lipinski definition) is 5. The summed E-state index contributed by atoms with van der Waals surface area (Å²) in [6.45, 7) is 1.85. The summed E-state index contributed by atoms with van der Waals surface area (Å²) < 4.78 is 15.6. The molecule has 0 aliphatic heterocycles. The van der Waals surface area contributed by atoms with Gasteiger partial charge in [-0.05, 0) is 31.2 Å². The van der Waals surface area contributed by atoms with Gasteiger partial charge in [0.15, 0.2) is 11.5 Å². The molecular weight excluding hydrogens is 258 g/mol. The first-order valence-electron chi connectivity index (χ1n) is 6.01. The van der Waals surface area contributed by atoms with E-state index in [9.17, 15) is 4.79 Å². The maximum atomic E-state index is 12.0. The van der Waals surface area contributed by atoms with Crippen LogP contribution in [-0.4, -0.2) is 25.2 Å². The van der Waals surface area contributed by atoms with Gasteiger partial charge in [0.05, 0.1) is 19.8 Å². The van der Waals surface area contributed by atoms with Gasteiger partial charge in [-0.15, -0.1) is 0 Å². The van der Waals surface area contributed by atoms with Crippen molar-refractivity contribution in [3.05, 3.63) is 47.8 Å². The molecule has 0 unspecified atom stereocenters. The summed E-state index contributed by atoms with van der Waals surface area (Å²) >= 11 is 0. The number of aromatic nitrogens is 1. The molecule has 0 spiro atoms. The molecule has 0 bridgehead atoms. The molecule has 0 amide bonds. The Hall–Kier alpha value is -2.56. The van der Waals surface area contributed by atoms with Crippen molar-refractivity contribution in [1.82, 2.24) is 4.98 Å². The Balaban J connectivity index is 2.24. The van der Waals surface area contributed by atoms with Crippen molar-refractivity contribution in [3.8, 4) is 17.2 Å². The number of rotatable bonds is 4. The van der Waals surface area contributed by atoms with Crippen molar-refractivity contribution in [2.45, 2.75) is 6.92 Å². The highest BCUT2D eigenvalue weighted by Gasteiger charge is 2.13. The molecule has 2 aromatic rings. The SMILES string of the molecule is COc1ccc(OC)c(OC(=O)c2ccc(C)nc2)c1. The van der Waals surface area contributed by atoms with Gasteiger partial charge in [0.1, 0.15) is 5.75 Å². The number of carbonyl (C=O) groups excluding carboxylic acids is 1. The Morgan fingerprint density at radius 3 is 2.45 bits per heavy atom. The molecule has 1 heterocycles. The zero-order valence-corrected chi connectivity index (χ0v) is 11.5. The molecule has 1 aromatic heterocycles. The number of pyridine rings is 1. The van der Waals surface area contributed by atoms with E-state index in [0.29, 0.717) is 22.8 Å². The van der Waals surface area contributed by atoms with Crippen LogP contribution in [0.4, 0.5) is 0 Å². The van der Waals surface area contributed by atoms with Crippen molar-refractivity contribution < 1.29 is 19.0 Å². The summed E-state index contributed by atoms with van der Waals surface area (Å²) in [7, 11) is 3.05. The Kier molecular flexibility index (Phi) is 4.20. The Bertz CT molecular complexity index is 608. The van der Waals surface area contributed by atoms with Gasteiger partial charge in [-0.2, -0.15) is 0 Å². The molecule has 0 saturated heterocycles. The topological polar surface area (TPSA) is 57.7 Å². The van der Waals surface area contributed by atoms with Crippen LogP contribution < -0.4 is 14.2 Å². The summed E-state index contributed by atoms with van der Waals surface area (Å²) in [6, 6.07) is 8.41. The van der Waals surface area contributed by atoms with Gasteiger partial charge in [-0.25, -0.2) is 4.79 Å². The quantitative estimate of drug-likeness (QED) is 0.633. The van der Waals surface area contributed by atoms with Crippen LogP contribution >= 0.6 is 0 Å². The molecule has 5 heteroatoms. The third-order valence-electron chi connectivity index (χ3n) is 2.72. The molecule has 0 aliphatic carbocycles. The second-order valence-corrected chi connectivity index (χ2v) is 4.09. The van der Waals surface area contributed by atoms with Crippen molar-refractivity contribution >= 4 is 5.97 Å². The zero-order chi connectivity index (χ0) is 14.5. The van der Waals surface area contributed by atoms with Crippen molar-refractivity contribution in [3.63, 3.8) is 0 Å². The van der Waals surface area contributed by atoms with E-state index < -0.39 is 5.97 Å². The van der Waals surface area contributed by atoms with Crippen LogP contribution in [0.2, 0.25) is 0 Å². The molecule has 0 fully saturated rings. The first-order chi connectivity index (χ1) is 9.63. The summed E-state index contributed by atoms with van der Waals surface area (Å²) in [6.07, 6.45) is 1.48. The molecule has 2 rings (SSSR count). The number of carbonyl (C=O) groups is 1. The average Bonchev–Trinajstić information content (AvgIpc) is 2.47. The summed E-state index contributed by atoms with van der Waals surface area (Å²) in [4.78, 5) is 16.1. The van der Waals surface area contributed by atoms with Gasteiger partial charge >= 0.3 is 5.97 Å². The first-order valence-corrected chi connectivity index (χ1v) is 6.01. The van der Waals surface area contributed by atoms with Crippen LogP contribution in [-0.2, 0) is 0 Å². The molecule has 20 heavy (non-hydrogen) atoms. The molecule has 0 aliphatic rings.